The van der Waals surface area contributed by atoms with Crippen molar-refractivity contribution in [1.82, 2.24) is 9.13 Å². The van der Waals surface area contributed by atoms with Crippen molar-refractivity contribution >= 4 is 60.0 Å². The summed E-state index contributed by atoms with van der Waals surface area (Å²) in [5.41, 5.74) is 20.1. The maximum absolute atomic E-state index is 2.45. The standard InChI is InChI=1S/C58H38N2/c1-3-13-37(14-4-1)38-25-30-56-52(34-38)53-36-40(27-32-57(53)59(56)42-16-5-2-6-17-42)39-26-31-55-51(35-39)47-21-9-10-24-54(47)60(55)43-18-11-15-41(33-43)44-28-29-50-46-20-8-7-19-45(46)49-23-12-22-48(44)58(49)50/h1-3,5-13,15-36H,4,14H2. The first kappa shape index (κ1) is 33.3. The van der Waals surface area contributed by atoms with Gasteiger partial charge in [0.15, 0.2) is 0 Å². The number of allylic oxidation sites excluding steroid dienone is 4. The van der Waals surface area contributed by atoms with Gasteiger partial charge in [-0.25, -0.2) is 0 Å². The van der Waals surface area contributed by atoms with Gasteiger partial charge in [0.05, 0.1) is 22.1 Å². The van der Waals surface area contributed by atoms with E-state index in [1.165, 1.54) is 116 Å². The predicted octanol–water partition coefficient (Wildman–Crippen LogP) is 15.7. The third kappa shape index (κ3) is 4.88. The molecule has 2 heterocycles. The highest BCUT2D eigenvalue weighted by atomic mass is 15.0. The molecule has 2 aromatic heterocycles. The number of nitrogens with zero attached hydrogens (tertiary/aromatic N) is 2. The van der Waals surface area contributed by atoms with Gasteiger partial charge in [0.2, 0.25) is 0 Å². The van der Waals surface area contributed by atoms with E-state index < -0.39 is 0 Å². The second-order valence-corrected chi connectivity index (χ2v) is 16.4. The number of fused-ring (bicyclic) bond motifs is 9. The molecule has 0 spiro atoms. The van der Waals surface area contributed by atoms with Crippen molar-refractivity contribution in [2.75, 3.05) is 0 Å². The second kappa shape index (κ2) is 12.9. The van der Waals surface area contributed by atoms with Gasteiger partial charge in [-0.1, -0.05) is 140 Å². The van der Waals surface area contributed by atoms with E-state index in [2.05, 4.69) is 215 Å². The minimum absolute atomic E-state index is 1.07. The number of benzene rings is 9. The molecule has 0 aliphatic heterocycles. The lowest BCUT2D eigenvalue weighted by molar-refractivity contribution is 1.05. The Balaban J connectivity index is 0.957. The monoisotopic (exact) mass is 762 g/mol. The molecule has 13 rings (SSSR count). The Bertz CT molecular complexity index is 3620. The van der Waals surface area contributed by atoms with Gasteiger partial charge in [-0.15, -0.1) is 0 Å². The molecule has 0 atom stereocenters. The summed E-state index contributed by atoms with van der Waals surface area (Å²) in [6, 6.07) is 70.1. The molecule has 0 unspecified atom stereocenters. The quantitative estimate of drug-likeness (QED) is 0.165. The average Bonchev–Trinajstić information content (AvgIpc) is 3.95. The van der Waals surface area contributed by atoms with Crippen LogP contribution in [0.4, 0.5) is 0 Å². The molecule has 0 fully saturated rings. The molecule has 0 amide bonds. The van der Waals surface area contributed by atoms with Crippen LogP contribution in [0.1, 0.15) is 18.4 Å². The molecule has 0 N–H and O–H groups in total. The van der Waals surface area contributed by atoms with E-state index in [9.17, 15) is 0 Å². The molecule has 0 bridgehead atoms. The fourth-order valence-corrected chi connectivity index (χ4v) is 10.4. The molecular weight excluding hydrogens is 725 g/mol. The zero-order chi connectivity index (χ0) is 39.3. The summed E-state index contributed by atoms with van der Waals surface area (Å²) >= 11 is 0. The number of aromatic nitrogens is 2. The van der Waals surface area contributed by atoms with Gasteiger partial charge in [-0.3, -0.25) is 0 Å². The lowest BCUT2D eigenvalue weighted by Crippen LogP contribution is -1.94. The maximum Gasteiger partial charge on any atom is 0.0541 e. The van der Waals surface area contributed by atoms with E-state index in [-0.39, 0.29) is 0 Å². The predicted molar refractivity (Wildman–Crippen MR) is 254 cm³/mol. The molecule has 280 valence electrons. The van der Waals surface area contributed by atoms with E-state index in [1.54, 1.807) is 0 Å². The van der Waals surface area contributed by atoms with Crippen molar-refractivity contribution < 1.29 is 0 Å². The summed E-state index contributed by atoms with van der Waals surface area (Å²) in [5.74, 6) is 0. The zero-order valence-electron chi connectivity index (χ0n) is 32.9. The zero-order valence-corrected chi connectivity index (χ0v) is 32.9. The molecule has 60 heavy (non-hydrogen) atoms. The van der Waals surface area contributed by atoms with Crippen molar-refractivity contribution in [2.24, 2.45) is 0 Å². The lowest BCUT2D eigenvalue weighted by atomic mass is 9.94. The third-order valence-electron chi connectivity index (χ3n) is 13.1. The van der Waals surface area contributed by atoms with E-state index in [4.69, 9.17) is 0 Å². The fraction of sp³-hybridized carbons (Fsp3) is 0.0345. The fourth-order valence-electron chi connectivity index (χ4n) is 10.4. The van der Waals surface area contributed by atoms with Gasteiger partial charge < -0.3 is 9.13 Å². The van der Waals surface area contributed by atoms with Crippen LogP contribution in [0.3, 0.4) is 0 Å². The summed E-state index contributed by atoms with van der Waals surface area (Å²) in [4.78, 5) is 0. The number of para-hydroxylation sites is 2. The average molecular weight is 763 g/mol. The Hall–Kier alpha value is -7.68. The van der Waals surface area contributed by atoms with Crippen molar-refractivity contribution in [3.63, 3.8) is 0 Å². The van der Waals surface area contributed by atoms with E-state index in [0.717, 1.165) is 18.5 Å². The van der Waals surface area contributed by atoms with Gasteiger partial charge >= 0.3 is 0 Å². The van der Waals surface area contributed by atoms with Gasteiger partial charge in [-0.05, 0) is 146 Å². The van der Waals surface area contributed by atoms with Crippen LogP contribution in [-0.2, 0) is 0 Å². The normalized spacial score (nSPS) is 13.2. The Morgan fingerprint density at radius 3 is 1.63 bits per heavy atom. The minimum atomic E-state index is 1.07. The molecule has 11 aromatic rings. The van der Waals surface area contributed by atoms with Gasteiger partial charge in [0.25, 0.3) is 0 Å². The molecule has 9 aromatic carbocycles. The van der Waals surface area contributed by atoms with Crippen LogP contribution < -0.4 is 0 Å². The van der Waals surface area contributed by atoms with Gasteiger partial charge in [0.1, 0.15) is 0 Å². The van der Waals surface area contributed by atoms with Crippen molar-refractivity contribution in [3.8, 4) is 55.9 Å². The molecule has 2 heteroatoms. The highest BCUT2D eigenvalue weighted by molar-refractivity contribution is 6.19. The van der Waals surface area contributed by atoms with Crippen LogP contribution in [0.15, 0.2) is 206 Å². The second-order valence-electron chi connectivity index (χ2n) is 16.4. The van der Waals surface area contributed by atoms with Crippen LogP contribution in [0.2, 0.25) is 0 Å². The summed E-state index contributed by atoms with van der Waals surface area (Å²) in [5, 5.41) is 7.71. The first-order valence-corrected chi connectivity index (χ1v) is 21.1. The largest absolute Gasteiger partial charge is 0.309 e. The van der Waals surface area contributed by atoms with E-state index in [1.807, 2.05) is 0 Å². The number of rotatable bonds is 5. The highest BCUT2D eigenvalue weighted by Crippen LogP contribution is 2.49. The Morgan fingerprint density at radius 1 is 0.333 bits per heavy atom. The summed E-state index contributed by atoms with van der Waals surface area (Å²) < 4.78 is 4.86. The lowest BCUT2D eigenvalue weighted by Gasteiger charge is -2.13. The van der Waals surface area contributed by atoms with Crippen LogP contribution in [0.5, 0.6) is 0 Å². The number of hydrogen-bond acceptors (Lipinski definition) is 0. The van der Waals surface area contributed by atoms with E-state index >= 15 is 0 Å². The molecule has 0 saturated carbocycles. The Kier molecular flexibility index (Phi) is 7.17. The molecule has 2 aliphatic carbocycles. The summed E-state index contributed by atoms with van der Waals surface area (Å²) in [7, 11) is 0. The Labute approximate surface area is 348 Å². The SMILES string of the molecule is C1=CCCC(c2ccc3c(c2)c2cc(-c4ccc5c(c4)c4ccccc4n5-c4cccc(-c5ccc6c7c(cccc57)-c5ccccc5-6)c4)ccc2n3-c2ccccc2)=C1. The van der Waals surface area contributed by atoms with Crippen molar-refractivity contribution in [3.05, 3.63) is 212 Å². The highest BCUT2D eigenvalue weighted by Gasteiger charge is 2.23. The smallest absolute Gasteiger partial charge is 0.0541 e. The molecule has 0 saturated heterocycles. The molecule has 0 radical (unpaired) electrons. The maximum atomic E-state index is 2.45. The number of hydrogen-bond donors (Lipinski definition) is 0. The third-order valence-corrected chi connectivity index (χ3v) is 13.1. The first-order chi connectivity index (χ1) is 29.8. The van der Waals surface area contributed by atoms with Crippen molar-refractivity contribution in [2.45, 2.75) is 12.8 Å². The summed E-state index contributed by atoms with van der Waals surface area (Å²) in [6.45, 7) is 0. The Morgan fingerprint density at radius 2 is 0.883 bits per heavy atom. The summed E-state index contributed by atoms with van der Waals surface area (Å²) in [6.07, 6.45) is 8.90. The first-order valence-electron chi connectivity index (χ1n) is 21.1. The minimum Gasteiger partial charge on any atom is -0.309 e. The van der Waals surface area contributed by atoms with Crippen LogP contribution in [-0.4, -0.2) is 9.13 Å². The molecule has 2 nitrogen and oxygen atoms in total. The topological polar surface area (TPSA) is 9.86 Å². The van der Waals surface area contributed by atoms with Crippen LogP contribution in [0.25, 0.3) is 116 Å². The van der Waals surface area contributed by atoms with Gasteiger partial charge in [0, 0.05) is 32.9 Å². The van der Waals surface area contributed by atoms with Gasteiger partial charge in [-0.2, -0.15) is 0 Å². The molecule has 2 aliphatic rings. The molecular formula is C58H38N2. The van der Waals surface area contributed by atoms with Crippen LogP contribution in [0, 0.1) is 0 Å². The van der Waals surface area contributed by atoms with Crippen LogP contribution >= 0.6 is 0 Å². The van der Waals surface area contributed by atoms with Crippen molar-refractivity contribution in [1.29, 1.82) is 0 Å². The van der Waals surface area contributed by atoms with E-state index in [0.29, 0.717) is 0 Å².